The minimum absolute atomic E-state index is 0.515. The van der Waals surface area contributed by atoms with E-state index in [1.165, 1.54) is 5.56 Å². The summed E-state index contributed by atoms with van der Waals surface area (Å²) in [5, 5.41) is 4.23. The van der Waals surface area contributed by atoms with Gasteiger partial charge in [-0.2, -0.15) is 11.3 Å². The molecule has 0 unspecified atom stereocenters. The SMILES string of the molecule is NC(=S)Cc1ccc(OCCc2ccsc2)cc1. The summed E-state index contributed by atoms with van der Waals surface area (Å²) in [7, 11) is 0. The molecular formula is C14H15NOS2. The summed E-state index contributed by atoms with van der Waals surface area (Å²) in [5.41, 5.74) is 7.94. The molecule has 1 aromatic carbocycles. The van der Waals surface area contributed by atoms with Crippen LogP contribution in [0, 0.1) is 0 Å². The van der Waals surface area contributed by atoms with Crippen LogP contribution in [0.15, 0.2) is 41.1 Å². The number of benzene rings is 1. The molecule has 1 aromatic heterocycles. The monoisotopic (exact) mass is 277 g/mol. The van der Waals surface area contributed by atoms with E-state index < -0.39 is 0 Å². The van der Waals surface area contributed by atoms with Crippen LogP contribution in [0.4, 0.5) is 0 Å². The Hall–Kier alpha value is -1.39. The van der Waals surface area contributed by atoms with E-state index >= 15 is 0 Å². The molecule has 1 heterocycles. The average molecular weight is 277 g/mol. The fourth-order valence-corrected chi connectivity index (χ4v) is 2.50. The van der Waals surface area contributed by atoms with Crippen LogP contribution in [0.1, 0.15) is 11.1 Å². The van der Waals surface area contributed by atoms with Crippen molar-refractivity contribution in [3.05, 3.63) is 52.2 Å². The zero-order chi connectivity index (χ0) is 12.8. The second-order valence-corrected chi connectivity index (χ2v) is 5.32. The molecule has 0 spiro atoms. The molecule has 0 radical (unpaired) electrons. The first-order valence-electron chi connectivity index (χ1n) is 5.75. The maximum absolute atomic E-state index is 5.68. The van der Waals surface area contributed by atoms with Gasteiger partial charge in [-0.25, -0.2) is 0 Å². The summed E-state index contributed by atoms with van der Waals surface area (Å²) in [4.78, 5) is 0.515. The van der Waals surface area contributed by atoms with Crippen molar-refractivity contribution in [1.29, 1.82) is 0 Å². The number of hydrogen-bond donors (Lipinski definition) is 1. The first-order valence-corrected chi connectivity index (χ1v) is 7.10. The van der Waals surface area contributed by atoms with E-state index in [2.05, 4.69) is 16.8 Å². The molecule has 0 aliphatic heterocycles. The highest BCUT2D eigenvalue weighted by Gasteiger charge is 1.98. The topological polar surface area (TPSA) is 35.2 Å². The van der Waals surface area contributed by atoms with E-state index in [0.717, 1.165) is 17.7 Å². The molecule has 0 bridgehead atoms. The number of ether oxygens (including phenoxy) is 1. The van der Waals surface area contributed by atoms with E-state index in [1.807, 2.05) is 24.3 Å². The van der Waals surface area contributed by atoms with Gasteiger partial charge in [-0.15, -0.1) is 0 Å². The number of thiocarbonyl (C=S) groups is 1. The molecule has 0 atom stereocenters. The summed E-state index contributed by atoms with van der Waals surface area (Å²) >= 11 is 6.59. The maximum atomic E-state index is 5.68. The Balaban J connectivity index is 1.81. The Bertz CT molecular complexity index is 491. The summed E-state index contributed by atoms with van der Waals surface area (Å²) < 4.78 is 5.68. The van der Waals surface area contributed by atoms with Crippen molar-refractivity contribution in [2.75, 3.05) is 6.61 Å². The lowest BCUT2D eigenvalue weighted by atomic mass is 10.1. The molecule has 94 valence electrons. The highest BCUT2D eigenvalue weighted by atomic mass is 32.1. The zero-order valence-electron chi connectivity index (χ0n) is 9.96. The third-order valence-electron chi connectivity index (χ3n) is 2.54. The predicted molar refractivity (Wildman–Crippen MR) is 80.4 cm³/mol. The van der Waals surface area contributed by atoms with Crippen molar-refractivity contribution < 1.29 is 4.74 Å². The van der Waals surface area contributed by atoms with E-state index in [1.54, 1.807) is 11.3 Å². The standard InChI is InChI=1S/C14H15NOS2/c15-14(17)9-11-1-3-13(4-2-11)16-7-5-12-6-8-18-10-12/h1-4,6,8,10H,5,7,9H2,(H2,15,17). The lowest BCUT2D eigenvalue weighted by Crippen LogP contribution is -2.10. The summed E-state index contributed by atoms with van der Waals surface area (Å²) in [6.07, 6.45) is 1.59. The van der Waals surface area contributed by atoms with Gasteiger partial charge in [0.25, 0.3) is 0 Å². The third-order valence-corrected chi connectivity index (χ3v) is 3.42. The van der Waals surface area contributed by atoms with E-state index in [9.17, 15) is 0 Å². The zero-order valence-corrected chi connectivity index (χ0v) is 11.6. The molecular weight excluding hydrogens is 262 g/mol. The highest BCUT2D eigenvalue weighted by Crippen LogP contribution is 2.14. The van der Waals surface area contributed by atoms with Crippen LogP contribution in [-0.4, -0.2) is 11.6 Å². The Labute approximate surface area is 116 Å². The molecule has 0 aliphatic carbocycles. The fourth-order valence-electron chi connectivity index (χ4n) is 1.63. The van der Waals surface area contributed by atoms with Crippen LogP contribution < -0.4 is 10.5 Å². The Morgan fingerprint density at radius 1 is 1.17 bits per heavy atom. The van der Waals surface area contributed by atoms with Crippen LogP contribution in [0.25, 0.3) is 0 Å². The molecule has 18 heavy (non-hydrogen) atoms. The summed E-state index contributed by atoms with van der Waals surface area (Å²) in [6, 6.07) is 10.0. The average Bonchev–Trinajstić information content (AvgIpc) is 2.84. The first kappa shape index (κ1) is 13.1. The number of thiophene rings is 1. The van der Waals surface area contributed by atoms with Crippen LogP contribution in [0.2, 0.25) is 0 Å². The normalized spacial score (nSPS) is 10.2. The Morgan fingerprint density at radius 3 is 2.56 bits per heavy atom. The molecule has 0 aliphatic rings. The molecule has 0 amide bonds. The smallest absolute Gasteiger partial charge is 0.119 e. The van der Waals surface area contributed by atoms with Crippen LogP contribution >= 0.6 is 23.6 Å². The molecule has 4 heteroatoms. The van der Waals surface area contributed by atoms with Gasteiger partial charge in [0.1, 0.15) is 5.75 Å². The van der Waals surface area contributed by atoms with Crippen molar-refractivity contribution in [1.82, 2.24) is 0 Å². The molecule has 2 N–H and O–H groups in total. The van der Waals surface area contributed by atoms with Crippen molar-refractivity contribution in [3.8, 4) is 5.75 Å². The van der Waals surface area contributed by atoms with Gasteiger partial charge in [-0.3, -0.25) is 0 Å². The van der Waals surface area contributed by atoms with E-state index in [-0.39, 0.29) is 0 Å². The molecule has 2 nitrogen and oxygen atoms in total. The van der Waals surface area contributed by atoms with Crippen LogP contribution in [0.3, 0.4) is 0 Å². The largest absolute Gasteiger partial charge is 0.493 e. The number of rotatable bonds is 6. The van der Waals surface area contributed by atoms with E-state index in [4.69, 9.17) is 22.7 Å². The minimum atomic E-state index is 0.515. The lowest BCUT2D eigenvalue weighted by molar-refractivity contribution is 0.322. The quantitative estimate of drug-likeness (QED) is 0.824. The molecule has 0 saturated heterocycles. The van der Waals surface area contributed by atoms with Gasteiger partial charge in [0, 0.05) is 12.8 Å². The van der Waals surface area contributed by atoms with Crippen molar-refractivity contribution >= 4 is 28.5 Å². The predicted octanol–water partition coefficient (Wildman–Crippen LogP) is 3.20. The van der Waals surface area contributed by atoms with Gasteiger partial charge >= 0.3 is 0 Å². The van der Waals surface area contributed by atoms with Gasteiger partial charge in [-0.05, 0) is 40.1 Å². The van der Waals surface area contributed by atoms with Crippen LogP contribution in [0.5, 0.6) is 5.75 Å². The third kappa shape index (κ3) is 4.13. The van der Waals surface area contributed by atoms with Crippen molar-refractivity contribution in [3.63, 3.8) is 0 Å². The van der Waals surface area contributed by atoms with Crippen molar-refractivity contribution in [2.24, 2.45) is 5.73 Å². The maximum Gasteiger partial charge on any atom is 0.119 e. The van der Waals surface area contributed by atoms with Gasteiger partial charge in [0.15, 0.2) is 0 Å². The first-order chi connectivity index (χ1) is 8.74. The van der Waals surface area contributed by atoms with Gasteiger partial charge in [0.2, 0.25) is 0 Å². The summed E-state index contributed by atoms with van der Waals surface area (Å²) in [5.74, 6) is 0.886. The van der Waals surface area contributed by atoms with E-state index in [0.29, 0.717) is 18.0 Å². The van der Waals surface area contributed by atoms with Gasteiger partial charge in [-0.1, -0.05) is 24.4 Å². The Kier molecular flexibility index (Phi) is 4.73. The van der Waals surface area contributed by atoms with Crippen LogP contribution in [-0.2, 0) is 12.8 Å². The van der Waals surface area contributed by atoms with Crippen molar-refractivity contribution in [2.45, 2.75) is 12.8 Å². The second kappa shape index (κ2) is 6.52. The second-order valence-electron chi connectivity index (χ2n) is 4.02. The number of nitrogens with two attached hydrogens (primary N) is 1. The van der Waals surface area contributed by atoms with Gasteiger partial charge < -0.3 is 10.5 Å². The highest BCUT2D eigenvalue weighted by molar-refractivity contribution is 7.80. The molecule has 0 fully saturated rings. The molecule has 2 rings (SSSR count). The fraction of sp³-hybridized carbons (Fsp3) is 0.214. The van der Waals surface area contributed by atoms with Gasteiger partial charge in [0.05, 0.1) is 11.6 Å². The summed E-state index contributed by atoms with van der Waals surface area (Å²) in [6.45, 7) is 0.700. The lowest BCUT2D eigenvalue weighted by Gasteiger charge is -2.06. The Morgan fingerprint density at radius 2 is 1.94 bits per heavy atom. The molecule has 0 saturated carbocycles. The molecule has 2 aromatic rings. The minimum Gasteiger partial charge on any atom is -0.493 e. The number of hydrogen-bond acceptors (Lipinski definition) is 3.